The van der Waals surface area contributed by atoms with Crippen molar-refractivity contribution in [1.29, 1.82) is 0 Å². The van der Waals surface area contributed by atoms with E-state index in [9.17, 15) is 14.3 Å². The van der Waals surface area contributed by atoms with Crippen molar-refractivity contribution in [2.24, 2.45) is 0 Å². The molecule has 6 nitrogen and oxygen atoms in total. The van der Waals surface area contributed by atoms with E-state index in [0.29, 0.717) is 6.42 Å². The zero-order valence-corrected chi connectivity index (χ0v) is 25.3. The molecule has 0 rings (SSSR count). The van der Waals surface area contributed by atoms with Gasteiger partial charge in [-0.3, -0.25) is 4.79 Å². The highest BCUT2D eigenvalue weighted by atomic mass is 31.2. The van der Waals surface area contributed by atoms with Gasteiger partial charge >= 0.3 is 0 Å². The third kappa shape index (κ3) is 29.7. The summed E-state index contributed by atoms with van der Waals surface area (Å²) in [6.45, 7) is 12.1. The SMILES string of the molecule is CCCCCCCCCCCCCCCCCC(=O)NCCC[N+](C)(CC)CC.COP(C)(=O)[O-]. The van der Waals surface area contributed by atoms with Gasteiger partial charge in [-0.15, -0.1) is 0 Å². The number of amides is 1. The molecule has 212 valence electrons. The van der Waals surface area contributed by atoms with Gasteiger partial charge in [-0.1, -0.05) is 96.8 Å². The van der Waals surface area contributed by atoms with E-state index in [0.717, 1.165) is 44.2 Å². The first-order valence-corrected chi connectivity index (χ1v) is 16.6. The van der Waals surface area contributed by atoms with E-state index in [1.807, 2.05) is 0 Å². The summed E-state index contributed by atoms with van der Waals surface area (Å²) in [5.41, 5.74) is 0. The molecular weight excluding hydrogens is 459 g/mol. The summed E-state index contributed by atoms with van der Waals surface area (Å²) in [5, 5.41) is 3.10. The number of rotatable bonds is 23. The standard InChI is InChI=1S/C26H54N2O.C2H7O3P/c1-5-8-9-10-11-12-13-14-15-16-17-18-19-20-21-23-26(29)27-24-22-25-28(4,6-2)7-3;1-5-6(2,3)4/h5-25H2,1-4H3;1-2H3,(H,3,4). The molecule has 0 aliphatic heterocycles. The Balaban J connectivity index is 0. The fourth-order valence-corrected chi connectivity index (χ4v) is 3.97. The first-order chi connectivity index (χ1) is 16.6. The van der Waals surface area contributed by atoms with Crippen LogP contribution in [-0.4, -0.2) is 57.4 Å². The van der Waals surface area contributed by atoms with Gasteiger partial charge < -0.3 is 23.8 Å². The Morgan fingerprint density at radius 2 is 1.14 bits per heavy atom. The number of hydrogen-bond donors (Lipinski definition) is 1. The van der Waals surface area contributed by atoms with E-state index in [4.69, 9.17) is 0 Å². The number of quaternary nitrogens is 1. The van der Waals surface area contributed by atoms with Crippen LogP contribution in [0.4, 0.5) is 0 Å². The van der Waals surface area contributed by atoms with Crippen LogP contribution in [0, 0.1) is 0 Å². The fraction of sp³-hybridized carbons (Fsp3) is 0.964. The van der Waals surface area contributed by atoms with Gasteiger partial charge in [0.25, 0.3) is 0 Å². The molecule has 7 heteroatoms. The average Bonchev–Trinajstić information content (AvgIpc) is 2.84. The number of unbranched alkanes of at least 4 members (excludes halogenated alkanes) is 14. The lowest BCUT2D eigenvalue weighted by molar-refractivity contribution is -0.906. The normalized spacial score (nSPS) is 13.1. The minimum Gasteiger partial charge on any atom is -0.779 e. The molecule has 0 radical (unpaired) electrons. The summed E-state index contributed by atoms with van der Waals surface area (Å²) >= 11 is 0. The summed E-state index contributed by atoms with van der Waals surface area (Å²) in [7, 11) is 0.0391. The van der Waals surface area contributed by atoms with E-state index in [1.54, 1.807) is 0 Å². The third-order valence-electron chi connectivity index (χ3n) is 7.06. The van der Waals surface area contributed by atoms with Crippen LogP contribution < -0.4 is 10.2 Å². The smallest absolute Gasteiger partial charge is 0.219 e. The monoisotopic (exact) mass is 520 g/mol. The topological polar surface area (TPSA) is 78.5 Å². The van der Waals surface area contributed by atoms with Crippen molar-refractivity contribution in [3.05, 3.63) is 0 Å². The zero-order chi connectivity index (χ0) is 26.8. The molecule has 0 aromatic carbocycles. The third-order valence-corrected chi connectivity index (χ3v) is 7.73. The molecule has 1 N–H and O–H groups in total. The minimum absolute atomic E-state index is 0.252. The van der Waals surface area contributed by atoms with Crippen molar-refractivity contribution in [3.8, 4) is 0 Å². The maximum absolute atomic E-state index is 11.9. The Morgan fingerprint density at radius 3 is 1.49 bits per heavy atom. The Hall–Kier alpha value is -0.420. The van der Waals surface area contributed by atoms with Gasteiger partial charge in [0.05, 0.1) is 26.7 Å². The summed E-state index contributed by atoms with van der Waals surface area (Å²) in [4.78, 5) is 21.7. The molecule has 1 unspecified atom stereocenters. The Morgan fingerprint density at radius 1 is 0.771 bits per heavy atom. The van der Waals surface area contributed by atoms with Gasteiger partial charge in [-0.25, -0.2) is 0 Å². The van der Waals surface area contributed by atoms with Crippen molar-refractivity contribution in [3.63, 3.8) is 0 Å². The van der Waals surface area contributed by atoms with Crippen LogP contribution >= 0.6 is 7.60 Å². The van der Waals surface area contributed by atoms with Gasteiger partial charge in [0.1, 0.15) is 7.60 Å². The molecule has 0 saturated carbocycles. The first-order valence-electron chi connectivity index (χ1n) is 14.6. The second-order valence-corrected chi connectivity index (χ2v) is 12.2. The Bertz CT molecular complexity index is 507. The van der Waals surface area contributed by atoms with Gasteiger partial charge in [-0.05, 0) is 20.3 Å². The predicted octanol–water partition coefficient (Wildman–Crippen LogP) is 7.06. The molecule has 1 atom stereocenters. The van der Waals surface area contributed by atoms with E-state index < -0.39 is 7.60 Å². The summed E-state index contributed by atoms with van der Waals surface area (Å²) in [6, 6.07) is 0. The maximum Gasteiger partial charge on any atom is 0.219 e. The van der Waals surface area contributed by atoms with Crippen LogP contribution in [0.25, 0.3) is 0 Å². The molecule has 0 aromatic rings. The van der Waals surface area contributed by atoms with E-state index in [1.165, 1.54) is 103 Å². The molecule has 0 aliphatic rings. The lowest BCUT2D eigenvalue weighted by Crippen LogP contribution is -2.45. The number of carbonyl (C=O) groups excluding carboxylic acids is 1. The van der Waals surface area contributed by atoms with Crippen LogP contribution in [0.1, 0.15) is 130 Å². The van der Waals surface area contributed by atoms with Crippen molar-refractivity contribution in [2.45, 2.75) is 130 Å². The quantitative estimate of drug-likeness (QED) is 0.0889. The van der Waals surface area contributed by atoms with Crippen molar-refractivity contribution >= 4 is 13.5 Å². The molecular formula is C28H61N2O4P. The second kappa shape index (κ2) is 25.2. The second-order valence-electron chi connectivity index (χ2n) is 10.3. The highest BCUT2D eigenvalue weighted by molar-refractivity contribution is 7.50. The van der Waals surface area contributed by atoms with E-state index >= 15 is 0 Å². The van der Waals surface area contributed by atoms with Crippen LogP contribution in [0.5, 0.6) is 0 Å². The largest absolute Gasteiger partial charge is 0.779 e. The van der Waals surface area contributed by atoms with Crippen molar-refractivity contribution in [2.75, 3.05) is 47.0 Å². The molecule has 0 fully saturated rings. The average molecular weight is 521 g/mol. The molecule has 0 heterocycles. The molecule has 0 aromatic heterocycles. The Labute approximate surface area is 219 Å². The Kier molecular flexibility index (Phi) is 26.5. The lowest BCUT2D eigenvalue weighted by atomic mass is 10.0. The number of nitrogens with zero attached hydrogens (tertiary/aromatic N) is 1. The molecule has 0 bridgehead atoms. The van der Waals surface area contributed by atoms with Gasteiger partial charge in [-0.2, -0.15) is 0 Å². The molecule has 0 saturated heterocycles. The van der Waals surface area contributed by atoms with Gasteiger partial charge in [0.15, 0.2) is 0 Å². The first kappa shape index (κ1) is 36.7. The van der Waals surface area contributed by atoms with Gasteiger partial charge in [0, 0.05) is 33.2 Å². The number of nitrogens with one attached hydrogen (secondary N) is 1. The molecule has 35 heavy (non-hydrogen) atoms. The zero-order valence-electron chi connectivity index (χ0n) is 24.4. The van der Waals surface area contributed by atoms with Gasteiger partial charge in [0.2, 0.25) is 5.91 Å². The highest BCUT2D eigenvalue weighted by Gasteiger charge is 2.15. The summed E-state index contributed by atoms with van der Waals surface area (Å²) in [5.74, 6) is 0.252. The fourth-order valence-electron chi connectivity index (χ4n) is 3.97. The van der Waals surface area contributed by atoms with Crippen LogP contribution in [0.2, 0.25) is 0 Å². The van der Waals surface area contributed by atoms with Crippen molar-refractivity contribution in [1.82, 2.24) is 5.32 Å². The van der Waals surface area contributed by atoms with Crippen molar-refractivity contribution < 1.29 is 23.3 Å². The lowest BCUT2D eigenvalue weighted by Gasteiger charge is -2.32. The minimum atomic E-state index is -3.40. The van der Waals surface area contributed by atoms with E-state index in [2.05, 4.69) is 37.7 Å². The van der Waals surface area contributed by atoms with Crippen LogP contribution in [0.3, 0.4) is 0 Å². The predicted molar refractivity (Wildman–Crippen MR) is 150 cm³/mol. The number of carbonyl (C=O) groups is 1. The molecule has 0 spiro atoms. The summed E-state index contributed by atoms with van der Waals surface area (Å²) < 4.78 is 14.8. The summed E-state index contributed by atoms with van der Waals surface area (Å²) in [6.07, 6.45) is 22.4. The molecule has 1 amide bonds. The number of hydrogen-bond acceptors (Lipinski definition) is 4. The maximum atomic E-state index is 11.9. The van der Waals surface area contributed by atoms with Crippen LogP contribution in [0.15, 0.2) is 0 Å². The molecule has 0 aliphatic carbocycles. The van der Waals surface area contributed by atoms with Crippen LogP contribution in [-0.2, 0) is 13.9 Å². The highest BCUT2D eigenvalue weighted by Crippen LogP contribution is 2.28. The van der Waals surface area contributed by atoms with E-state index in [-0.39, 0.29) is 5.91 Å².